The van der Waals surface area contributed by atoms with Crippen LogP contribution in [0, 0.1) is 19.3 Å². The summed E-state index contributed by atoms with van der Waals surface area (Å²) < 4.78 is 50.7. The molecule has 14 aromatic rings. The molecule has 14 rings (SSSR count). The van der Waals surface area contributed by atoms with Crippen molar-refractivity contribution in [3.63, 3.8) is 0 Å². The summed E-state index contributed by atoms with van der Waals surface area (Å²) >= 11 is 18.3. The molecule has 7 aromatic heterocycles. The van der Waals surface area contributed by atoms with Crippen LogP contribution < -0.4 is 0 Å². The van der Waals surface area contributed by atoms with Crippen molar-refractivity contribution in [2.45, 2.75) is 104 Å². The van der Waals surface area contributed by atoms with Crippen LogP contribution in [0.1, 0.15) is 102 Å². The minimum atomic E-state index is -0.230. The smallest absolute Gasteiger partial charge is 0.188 e. The van der Waals surface area contributed by atoms with Crippen LogP contribution in [-0.2, 0) is 0 Å². The van der Waals surface area contributed by atoms with Gasteiger partial charge in [-0.05, 0) is 140 Å². The van der Waals surface area contributed by atoms with Crippen molar-refractivity contribution in [1.82, 2.24) is 0 Å². The third-order valence-corrected chi connectivity index (χ3v) is 12.1. The van der Waals surface area contributed by atoms with E-state index in [0.717, 1.165) is 74.4 Å². The third-order valence-electron chi connectivity index (χ3n) is 10.3. The van der Waals surface area contributed by atoms with Crippen molar-refractivity contribution in [1.29, 1.82) is 0 Å². The summed E-state index contributed by atoms with van der Waals surface area (Å²) in [5.41, 5.74) is 7.85. The Labute approximate surface area is 528 Å². The van der Waals surface area contributed by atoms with Crippen LogP contribution in [0.15, 0.2) is 254 Å². The molecule has 0 unspecified atom stereocenters. The zero-order valence-corrected chi connectivity index (χ0v) is 56.1. The summed E-state index contributed by atoms with van der Waals surface area (Å²) in [5, 5.41) is 8.49. The fraction of sp³-hybridized carbons (Fsp3) is 0.208. The second-order valence-electron chi connectivity index (χ2n) is 15.1. The molecular formula is C72H80Br2Cl2FNO7. The normalized spacial score (nSPS) is 9.16. The van der Waals surface area contributed by atoms with Crippen LogP contribution in [0.3, 0.4) is 0 Å². The van der Waals surface area contributed by atoms with E-state index in [0.29, 0.717) is 21.7 Å². The van der Waals surface area contributed by atoms with Gasteiger partial charge in [0, 0.05) is 46.3 Å². The number of nitrogens with zero attached hydrogens (tertiary/aromatic N) is 1. The molecule has 7 heterocycles. The van der Waals surface area contributed by atoms with Gasteiger partial charge in [-0.2, -0.15) is 0 Å². The predicted molar refractivity (Wildman–Crippen MR) is 369 cm³/mol. The van der Waals surface area contributed by atoms with Gasteiger partial charge in [0.05, 0.1) is 60.8 Å². The standard InChI is InChI=1S/C9H5NO.C9H8O.2C8H5BrO.2C8H5ClO.C8H5FO.7C2H6/c1-10-8-2-3-9-7(6-8)4-5-11-9;1-7-2-3-9-8(6-7)4-5-10-9;9-7-2-1-6-3-4-10-8(6)5-7;9-7-2-1-3-8-6(7)4-5-10-8;9-7-2-1-6-3-4-10-8(6)5-7;2*9-7-2-1-3-8-6(7)4-5-10-8;7*1-2/h2-6H;2-6H,1H3;5*1-5H;7*1-2H3. The Kier molecular flexibility index (Phi) is 39.6. The van der Waals surface area contributed by atoms with Crippen molar-refractivity contribution >= 4 is 138 Å². The molecule has 0 radical (unpaired) electrons. The maximum absolute atomic E-state index is 12.8. The van der Waals surface area contributed by atoms with Gasteiger partial charge in [-0.1, -0.05) is 194 Å². The van der Waals surface area contributed by atoms with Crippen molar-refractivity contribution in [2.24, 2.45) is 0 Å². The average molecular weight is 1320 g/mol. The van der Waals surface area contributed by atoms with E-state index < -0.39 is 0 Å². The Morgan fingerprint density at radius 3 is 1.31 bits per heavy atom. The first kappa shape index (κ1) is 75.3. The van der Waals surface area contributed by atoms with E-state index >= 15 is 0 Å². The van der Waals surface area contributed by atoms with E-state index in [-0.39, 0.29) is 5.82 Å². The lowest BCUT2D eigenvalue weighted by Gasteiger charge is -1.89. The molecule has 0 aliphatic carbocycles. The number of rotatable bonds is 0. The minimum Gasteiger partial charge on any atom is -0.464 e. The first-order valence-corrected chi connectivity index (χ1v) is 30.9. The molecule has 0 spiro atoms. The maximum Gasteiger partial charge on any atom is 0.188 e. The van der Waals surface area contributed by atoms with Crippen molar-refractivity contribution in [2.75, 3.05) is 0 Å². The quantitative estimate of drug-likeness (QED) is 0.140. The predicted octanol–water partition coefficient (Wildman–Crippen LogP) is 28.0. The molecule has 0 amide bonds. The molecule has 450 valence electrons. The lowest BCUT2D eigenvalue weighted by Crippen LogP contribution is -1.70. The second kappa shape index (κ2) is 44.8. The van der Waals surface area contributed by atoms with Crippen LogP contribution in [0.25, 0.3) is 81.6 Å². The van der Waals surface area contributed by atoms with Gasteiger partial charge in [-0.3, -0.25) is 0 Å². The van der Waals surface area contributed by atoms with E-state index in [1.165, 1.54) is 23.3 Å². The van der Waals surface area contributed by atoms with Crippen molar-refractivity contribution < 1.29 is 35.3 Å². The summed E-state index contributed by atoms with van der Waals surface area (Å²) in [6.45, 7) is 36.8. The highest BCUT2D eigenvalue weighted by atomic mass is 79.9. The second-order valence-corrected chi connectivity index (χ2v) is 17.8. The Hall–Kier alpha value is -7.72. The monoisotopic (exact) mass is 1320 g/mol. The number of halogens is 5. The molecule has 7 aromatic carbocycles. The average Bonchev–Trinajstić information content (AvgIpc) is 4.46. The maximum atomic E-state index is 12.8. The lowest BCUT2D eigenvalue weighted by atomic mass is 10.2. The van der Waals surface area contributed by atoms with Crippen LogP contribution in [0.4, 0.5) is 10.1 Å². The first-order valence-electron chi connectivity index (χ1n) is 28.5. The number of hydrogen-bond donors (Lipinski definition) is 0. The van der Waals surface area contributed by atoms with Gasteiger partial charge in [-0.25, -0.2) is 9.24 Å². The van der Waals surface area contributed by atoms with Gasteiger partial charge in [-0.15, -0.1) is 0 Å². The molecular weight excluding hydrogens is 1240 g/mol. The molecule has 0 fully saturated rings. The number of aryl methyl sites for hydroxylation is 1. The lowest BCUT2D eigenvalue weighted by molar-refractivity contribution is 0.610. The van der Waals surface area contributed by atoms with Gasteiger partial charge in [0.2, 0.25) is 0 Å². The zero-order chi connectivity index (χ0) is 63.5. The zero-order valence-electron chi connectivity index (χ0n) is 51.4. The summed E-state index contributed by atoms with van der Waals surface area (Å²) in [4.78, 5) is 3.31. The van der Waals surface area contributed by atoms with Gasteiger partial charge in [0.1, 0.15) is 44.9 Å². The van der Waals surface area contributed by atoms with Crippen LogP contribution in [0.5, 0.6) is 0 Å². The fourth-order valence-corrected chi connectivity index (χ4v) is 8.05. The number of fused-ring (bicyclic) bond motifs is 7. The minimum absolute atomic E-state index is 0.230. The van der Waals surface area contributed by atoms with Crippen LogP contribution >= 0.6 is 55.1 Å². The Morgan fingerprint density at radius 1 is 0.365 bits per heavy atom. The van der Waals surface area contributed by atoms with Gasteiger partial charge >= 0.3 is 0 Å². The molecule has 0 saturated carbocycles. The van der Waals surface area contributed by atoms with Crippen molar-refractivity contribution in [3.05, 3.63) is 255 Å². The molecule has 0 aliphatic rings. The molecule has 0 N–H and O–H groups in total. The van der Waals surface area contributed by atoms with E-state index in [2.05, 4.69) is 49.7 Å². The summed E-state index contributed by atoms with van der Waals surface area (Å²) in [5.74, 6) is -0.230. The molecule has 0 bridgehead atoms. The van der Waals surface area contributed by atoms with E-state index in [1.54, 1.807) is 67.9 Å². The fourth-order valence-electron chi connectivity index (χ4n) is 6.84. The highest BCUT2D eigenvalue weighted by Crippen LogP contribution is 2.26. The SMILES string of the molecule is Brc1ccc2ccoc2c1.Brc1cccc2occc12.CC.CC.CC.CC.CC.CC.CC.Cc1ccc2occc2c1.Clc1ccc2ccoc2c1.Clc1cccc2occc12.Fc1cccc2occc12.[C-]#[N+]c1ccc2occc2c1. The van der Waals surface area contributed by atoms with E-state index in [1.807, 2.05) is 224 Å². The number of hydrogen-bond acceptors (Lipinski definition) is 7. The highest BCUT2D eigenvalue weighted by Gasteiger charge is 2.02. The third kappa shape index (κ3) is 24.8. The van der Waals surface area contributed by atoms with Crippen LogP contribution in [0.2, 0.25) is 10.0 Å². The highest BCUT2D eigenvalue weighted by molar-refractivity contribution is 9.11. The molecule has 13 heteroatoms. The van der Waals surface area contributed by atoms with Gasteiger partial charge in [0.25, 0.3) is 0 Å². The largest absolute Gasteiger partial charge is 0.464 e. The molecule has 8 nitrogen and oxygen atoms in total. The van der Waals surface area contributed by atoms with E-state index in [4.69, 9.17) is 60.7 Å². The number of benzene rings is 7. The molecule has 85 heavy (non-hydrogen) atoms. The van der Waals surface area contributed by atoms with Gasteiger partial charge < -0.3 is 30.9 Å². The summed E-state index contributed by atoms with van der Waals surface area (Å²) in [6, 6.07) is 52.4. The summed E-state index contributed by atoms with van der Waals surface area (Å²) in [7, 11) is 0. The van der Waals surface area contributed by atoms with Crippen LogP contribution in [-0.4, -0.2) is 0 Å². The number of furan rings is 7. The topological polar surface area (TPSA) is 96.3 Å². The molecule has 0 atom stereocenters. The van der Waals surface area contributed by atoms with Gasteiger partial charge in [0.15, 0.2) is 5.69 Å². The Balaban J connectivity index is 0.000000479. The summed E-state index contributed by atoms with van der Waals surface area (Å²) in [6.07, 6.45) is 11.5. The first-order chi connectivity index (χ1) is 41.6. The van der Waals surface area contributed by atoms with Crippen molar-refractivity contribution in [3.8, 4) is 0 Å². The Morgan fingerprint density at radius 2 is 0.776 bits per heavy atom. The molecule has 0 saturated heterocycles. The molecule has 0 aliphatic heterocycles. The Bertz CT molecular complexity index is 3640. The van der Waals surface area contributed by atoms with E-state index in [9.17, 15) is 4.39 Å².